The predicted octanol–water partition coefficient (Wildman–Crippen LogP) is 6.44. The molecule has 0 bridgehead atoms. The molecule has 0 N–H and O–H groups in total. The van der Waals surface area contributed by atoms with E-state index in [1.54, 1.807) is 30.8 Å². The highest BCUT2D eigenvalue weighted by Crippen LogP contribution is 2.38. The Bertz CT molecular complexity index is 1650. The molecule has 2 aromatic carbocycles. The average Bonchev–Trinajstić information content (AvgIpc) is 3.22. The molecule has 0 spiro atoms. The number of carbonyl (C=O) groups excluding carboxylic acids is 1. The van der Waals surface area contributed by atoms with Gasteiger partial charge in [-0.2, -0.15) is 0 Å². The number of ether oxygens (including phenoxy) is 3. The van der Waals surface area contributed by atoms with Crippen molar-refractivity contribution < 1.29 is 19.0 Å². The molecule has 0 amide bonds. The Morgan fingerprint density at radius 3 is 2.52 bits per heavy atom. The molecule has 11 heteroatoms. The molecule has 2 heterocycles. The summed E-state index contributed by atoms with van der Waals surface area (Å²) >= 11 is 11.9. The van der Waals surface area contributed by atoms with Crippen LogP contribution in [0.25, 0.3) is 6.08 Å². The molecule has 40 heavy (non-hydrogen) atoms. The van der Waals surface area contributed by atoms with Crippen molar-refractivity contribution >= 4 is 71.2 Å². The molecule has 1 atom stereocenters. The molecule has 0 saturated heterocycles. The third-order valence-corrected chi connectivity index (χ3v) is 8.70. The summed E-state index contributed by atoms with van der Waals surface area (Å²) < 4.78 is 21.2. The van der Waals surface area contributed by atoms with Gasteiger partial charge in [0, 0.05) is 10.0 Å². The fraction of sp³-hybridized carbons (Fsp3) is 0.276. The SMILES string of the molecule is C=CCOc1c(Br)cc(/C=c2/sc3n(c2=O)[C@H](c2cc(Br)ccc2OC)C(C(=O)OCC)=C(CCC)N=3)cc1Br. The van der Waals surface area contributed by atoms with E-state index < -0.39 is 12.0 Å². The number of hydrogen-bond acceptors (Lipinski definition) is 7. The van der Waals surface area contributed by atoms with E-state index >= 15 is 0 Å². The van der Waals surface area contributed by atoms with Crippen LogP contribution in [0.4, 0.5) is 0 Å². The first kappa shape index (κ1) is 30.5. The number of esters is 1. The third-order valence-electron chi connectivity index (χ3n) is 6.04. The van der Waals surface area contributed by atoms with E-state index in [0.717, 1.165) is 25.4 Å². The minimum absolute atomic E-state index is 0.199. The second-order valence-electron chi connectivity index (χ2n) is 8.71. The topological polar surface area (TPSA) is 79.1 Å². The van der Waals surface area contributed by atoms with Crippen LogP contribution in [0, 0.1) is 0 Å². The molecule has 7 nitrogen and oxygen atoms in total. The molecule has 1 aromatic heterocycles. The Morgan fingerprint density at radius 2 is 1.90 bits per heavy atom. The maximum atomic E-state index is 14.1. The van der Waals surface area contributed by atoms with Crippen LogP contribution in [0.1, 0.15) is 43.9 Å². The number of methoxy groups -OCH3 is 1. The van der Waals surface area contributed by atoms with Crippen LogP contribution in [-0.2, 0) is 9.53 Å². The van der Waals surface area contributed by atoms with Crippen LogP contribution in [0.2, 0.25) is 0 Å². The molecular formula is C29H27Br3N2O5S. The number of halogens is 3. The molecule has 0 radical (unpaired) electrons. The average molecular weight is 755 g/mol. The maximum Gasteiger partial charge on any atom is 0.338 e. The fourth-order valence-corrected chi connectivity index (χ4v) is 7.28. The van der Waals surface area contributed by atoms with Gasteiger partial charge in [0.1, 0.15) is 24.1 Å². The van der Waals surface area contributed by atoms with Crippen molar-refractivity contribution in [1.29, 1.82) is 0 Å². The highest BCUT2D eigenvalue weighted by atomic mass is 79.9. The number of fused-ring (bicyclic) bond motifs is 1. The molecule has 4 rings (SSSR count). The lowest BCUT2D eigenvalue weighted by molar-refractivity contribution is -0.139. The molecule has 210 valence electrons. The van der Waals surface area contributed by atoms with Gasteiger partial charge in [-0.05, 0) is 87.2 Å². The van der Waals surface area contributed by atoms with Crippen LogP contribution in [0.5, 0.6) is 11.5 Å². The summed E-state index contributed by atoms with van der Waals surface area (Å²) in [5.41, 5.74) is 2.12. The van der Waals surface area contributed by atoms with Gasteiger partial charge in [-0.3, -0.25) is 9.36 Å². The van der Waals surface area contributed by atoms with Gasteiger partial charge in [0.15, 0.2) is 4.80 Å². The van der Waals surface area contributed by atoms with E-state index in [-0.39, 0.29) is 12.2 Å². The lowest BCUT2D eigenvalue weighted by Gasteiger charge is -2.27. The van der Waals surface area contributed by atoms with E-state index in [2.05, 4.69) is 54.4 Å². The quantitative estimate of drug-likeness (QED) is 0.176. The summed E-state index contributed by atoms with van der Waals surface area (Å²) in [5, 5.41) is 0. The van der Waals surface area contributed by atoms with Gasteiger partial charge in [-0.1, -0.05) is 53.3 Å². The number of benzene rings is 2. The van der Waals surface area contributed by atoms with Gasteiger partial charge < -0.3 is 14.2 Å². The lowest BCUT2D eigenvalue weighted by atomic mass is 9.93. The second-order valence-corrected chi connectivity index (χ2v) is 12.3. The van der Waals surface area contributed by atoms with Gasteiger partial charge >= 0.3 is 5.97 Å². The number of aromatic nitrogens is 1. The number of carbonyl (C=O) groups is 1. The van der Waals surface area contributed by atoms with Gasteiger partial charge in [0.25, 0.3) is 5.56 Å². The smallest absolute Gasteiger partial charge is 0.338 e. The van der Waals surface area contributed by atoms with Crippen LogP contribution in [0.3, 0.4) is 0 Å². The zero-order chi connectivity index (χ0) is 29.0. The summed E-state index contributed by atoms with van der Waals surface area (Å²) in [6.07, 6.45) is 4.79. The molecule has 0 aliphatic carbocycles. The van der Waals surface area contributed by atoms with E-state index in [0.29, 0.717) is 50.7 Å². The third kappa shape index (κ3) is 6.22. The number of nitrogens with zero attached hydrogens (tertiary/aromatic N) is 2. The van der Waals surface area contributed by atoms with E-state index in [4.69, 9.17) is 19.2 Å². The van der Waals surface area contributed by atoms with Gasteiger partial charge in [-0.25, -0.2) is 9.79 Å². The highest BCUT2D eigenvalue weighted by molar-refractivity contribution is 9.11. The van der Waals surface area contributed by atoms with E-state index in [1.807, 2.05) is 37.3 Å². The van der Waals surface area contributed by atoms with Crippen LogP contribution < -0.4 is 24.4 Å². The van der Waals surface area contributed by atoms with Crippen molar-refractivity contribution in [3.8, 4) is 11.5 Å². The molecule has 3 aromatic rings. The molecule has 1 aliphatic heterocycles. The van der Waals surface area contributed by atoms with Crippen LogP contribution in [-0.4, -0.2) is 30.9 Å². The second kappa shape index (κ2) is 13.5. The first-order valence-electron chi connectivity index (χ1n) is 12.5. The normalized spacial score (nSPS) is 14.9. The van der Waals surface area contributed by atoms with Crippen molar-refractivity contribution in [3.63, 3.8) is 0 Å². The minimum Gasteiger partial charge on any atom is -0.496 e. The van der Waals surface area contributed by atoms with Crippen molar-refractivity contribution in [2.75, 3.05) is 20.3 Å². The number of allylic oxidation sites excluding steroid dienone is 1. The Hall–Kier alpha value is -2.47. The molecule has 0 fully saturated rings. The largest absolute Gasteiger partial charge is 0.496 e. The number of thiazole rings is 1. The predicted molar refractivity (Wildman–Crippen MR) is 168 cm³/mol. The van der Waals surface area contributed by atoms with Crippen molar-refractivity contribution in [2.45, 2.75) is 32.7 Å². The molecule has 1 aliphatic rings. The van der Waals surface area contributed by atoms with Crippen LogP contribution in [0.15, 0.2) is 77.5 Å². The maximum absolute atomic E-state index is 14.1. The van der Waals surface area contributed by atoms with Crippen molar-refractivity contribution in [2.24, 2.45) is 4.99 Å². The van der Waals surface area contributed by atoms with Gasteiger partial charge in [-0.15, -0.1) is 0 Å². The van der Waals surface area contributed by atoms with Crippen molar-refractivity contribution in [3.05, 3.63) is 98.5 Å². The monoisotopic (exact) mass is 752 g/mol. The van der Waals surface area contributed by atoms with E-state index in [1.165, 1.54) is 11.3 Å². The highest BCUT2D eigenvalue weighted by Gasteiger charge is 2.36. The summed E-state index contributed by atoms with van der Waals surface area (Å²) in [4.78, 5) is 32.8. The van der Waals surface area contributed by atoms with E-state index in [9.17, 15) is 9.59 Å². The standard InChI is InChI=1S/C29H27Br3N2O5S/c1-5-8-21-24(28(36)38-7-3)25(18-15-17(30)9-10-22(18)37-4)34-27(35)23(40-29(34)33-21)14-16-12-19(31)26(20(32)13-16)39-11-6-2/h6,9-10,12-15,25H,2,5,7-8,11H2,1,3-4H3/b23-14+/t25-/m1/s1. The Morgan fingerprint density at radius 1 is 1.18 bits per heavy atom. The van der Waals surface area contributed by atoms with Crippen molar-refractivity contribution in [1.82, 2.24) is 4.57 Å². The van der Waals surface area contributed by atoms with Gasteiger partial charge in [0.2, 0.25) is 0 Å². The van der Waals surface area contributed by atoms with Gasteiger partial charge in [0.05, 0.1) is 38.5 Å². The molecule has 0 unspecified atom stereocenters. The first-order chi connectivity index (χ1) is 19.2. The zero-order valence-corrected chi connectivity index (χ0v) is 27.7. The summed E-state index contributed by atoms with van der Waals surface area (Å²) in [5.74, 6) is 0.688. The fourth-order valence-electron chi connectivity index (χ4n) is 4.43. The first-order valence-corrected chi connectivity index (χ1v) is 15.7. The lowest BCUT2D eigenvalue weighted by Crippen LogP contribution is -2.40. The molecule has 0 saturated carbocycles. The Kier molecular flexibility index (Phi) is 10.3. The van der Waals surface area contributed by atoms with Crippen LogP contribution >= 0.6 is 59.1 Å². The Labute approximate surface area is 261 Å². The number of hydrogen-bond donors (Lipinski definition) is 0. The molecular weight excluding hydrogens is 728 g/mol. The number of rotatable bonds is 10. The Balaban J connectivity index is 1.99. The summed E-state index contributed by atoms with van der Waals surface area (Å²) in [6, 6.07) is 8.50. The summed E-state index contributed by atoms with van der Waals surface area (Å²) in [6.45, 7) is 8.02. The minimum atomic E-state index is -0.778. The zero-order valence-electron chi connectivity index (χ0n) is 22.1. The summed E-state index contributed by atoms with van der Waals surface area (Å²) in [7, 11) is 1.56.